The maximum Gasteiger partial charge on any atom is 0.248 e. The van der Waals surface area contributed by atoms with Gasteiger partial charge < -0.3 is 14.8 Å². The van der Waals surface area contributed by atoms with Crippen molar-refractivity contribution in [2.45, 2.75) is 4.90 Å². The first-order chi connectivity index (χ1) is 14.3. The van der Waals surface area contributed by atoms with Gasteiger partial charge >= 0.3 is 0 Å². The molecular formula is C20H20Cl2N2O5S. The zero-order valence-electron chi connectivity index (χ0n) is 16.1. The SMILES string of the molecule is COc1ccc(/C=C/C(=O)Nc2cccc(Cl)c2Cl)cc1S(=O)(=O)N1CCOCC1. The monoisotopic (exact) mass is 470 g/mol. The van der Waals surface area contributed by atoms with Gasteiger partial charge in [0.15, 0.2) is 0 Å². The Balaban J connectivity index is 1.82. The summed E-state index contributed by atoms with van der Waals surface area (Å²) in [4.78, 5) is 12.3. The number of halogens is 2. The molecule has 2 aromatic rings. The van der Waals surface area contributed by atoms with Crippen molar-refractivity contribution in [2.75, 3.05) is 38.7 Å². The van der Waals surface area contributed by atoms with Gasteiger partial charge in [-0.1, -0.05) is 35.3 Å². The number of morpholine rings is 1. The molecule has 1 heterocycles. The summed E-state index contributed by atoms with van der Waals surface area (Å²) in [6.07, 6.45) is 2.79. The van der Waals surface area contributed by atoms with E-state index in [1.165, 1.54) is 29.6 Å². The Morgan fingerprint density at radius 3 is 2.63 bits per heavy atom. The first-order valence-corrected chi connectivity index (χ1v) is 11.2. The smallest absolute Gasteiger partial charge is 0.248 e. The lowest BCUT2D eigenvalue weighted by Crippen LogP contribution is -2.40. The maximum absolute atomic E-state index is 13.0. The normalized spacial score (nSPS) is 15.3. The Morgan fingerprint density at radius 1 is 1.20 bits per heavy atom. The highest BCUT2D eigenvalue weighted by Gasteiger charge is 2.29. The number of ether oxygens (including phenoxy) is 2. The third-order valence-corrected chi connectivity index (χ3v) is 7.15. The average Bonchev–Trinajstić information content (AvgIpc) is 2.76. The van der Waals surface area contributed by atoms with Gasteiger partial charge in [-0.25, -0.2) is 8.42 Å². The summed E-state index contributed by atoms with van der Waals surface area (Å²) in [5.41, 5.74) is 0.902. The predicted molar refractivity (Wildman–Crippen MR) is 117 cm³/mol. The number of nitrogens with zero attached hydrogens (tertiary/aromatic N) is 1. The summed E-state index contributed by atoms with van der Waals surface area (Å²) >= 11 is 12.0. The molecule has 1 aliphatic heterocycles. The van der Waals surface area contributed by atoms with Gasteiger partial charge in [-0.05, 0) is 35.9 Å². The summed E-state index contributed by atoms with van der Waals surface area (Å²) in [5.74, 6) is -0.207. The topological polar surface area (TPSA) is 84.9 Å². The highest BCUT2D eigenvalue weighted by Crippen LogP contribution is 2.30. The lowest BCUT2D eigenvalue weighted by Gasteiger charge is -2.26. The molecule has 7 nitrogen and oxygen atoms in total. The van der Waals surface area contributed by atoms with Crippen molar-refractivity contribution >= 4 is 50.9 Å². The average molecular weight is 471 g/mol. The summed E-state index contributed by atoms with van der Waals surface area (Å²) in [5, 5.41) is 3.20. The van der Waals surface area contributed by atoms with Crippen LogP contribution in [0.15, 0.2) is 47.4 Å². The van der Waals surface area contributed by atoms with Crippen LogP contribution in [0, 0.1) is 0 Å². The molecule has 1 amide bonds. The fourth-order valence-corrected chi connectivity index (χ4v) is 4.82. The van der Waals surface area contributed by atoms with Crippen LogP contribution in [-0.2, 0) is 19.6 Å². The third kappa shape index (κ3) is 5.14. The van der Waals surface area contributed by atoms with Crippen LogP contribution in [-0.4, -0.2) is 52.0 Å². The lowest BCUT2D eigenvalue weighted by atomic mass is 10.2. The summed E-state index contributed by atoms with van der Waals surface area (Å²) in [7, 11) is -2.35. The summed E-state index contributed by atoms with van der Waals surface area (Å²) in [6.45, 7) is 1.23. The number of carbonyl (C=O) groups is 1. The molecule has 30 heavy (non-hydrogen) atoms. The molecule has 1 N–H and O–H groups in total. The Kier molecular flexibility index (Phi) is 7.38. The minimum Gasteiger partial charge on any atom is -0.495 e. The number of anilines is 1. The first kappa shape index (κ1) is 22.6. The lowest BCUT2D eigenvalue weighted by molar-refractivity contribution is -0.111. The van der Waals surface area contributed by atoms with Crippen LogP contribution in [0.3, 0.4) is 0 Å². The molecule has 3 rings (SSSR count). The van der Waals surface area contributed by atoms with Crippen LogP contribution < -0.4 is 10.1 Å². The number of nitrogens with one attached hydrogen (secondary N) is 1. The standard InChI is InChI=1S/C20H20Cl2N2O5S/c1-28-17-7-5-14(13-18(17)30(26,27)24-9-11-29-12-10-24)6-8-19(25)23-16-4-2-3-15(21)20(16)22/h2-8,13H,9-12H2,1H3,(H,23,25)/b8-6+. The molecule has 0 bridgehead atoms. The van der Waals surface area contributed by atoms with E-state index in [4.69, 9.17) is 32.7 Å². The number of methoxy groups -OCH3 is 1. The summed E-state index contributed by atoms with van der Waals surface area (Å²) in [6, 6.07) is 9.59. The van der Waals surface area contributed by atoms with E-state index in [-0.39, 0.29) is 28.8 Å². The van der Waals surface area contributed by atoms with Gasteiger partial charge in [-0.2, -0.15) is 4.31 Å². The van der Waals surface area contributed by atoms with Crippen molar-refractivity contribution in [2.24, 2.45) is 0 Å². The van der Waals surface area contributed by atoms with Crippen LogP contribution in [0.2, 0.25) is 10.0 Å². The molecular weight excluding hydrogens is 451 g/mol. The Labute approximate surface area is 185 Å². The minimum absolute atomic E-state index is 0.0346. The van der Waals surface area contributed by atoms with Crippen molar-refractivity contribution in [1.29, 1.82) is 0 Å². The van der Waals surface area contributed by atoms with Crippen LogP contribution in [0.4, 0.5) is 5.69 Å². The molecule has 0 unspecified atom stereocenters. The fourth-order valence-electron chi connectivity index (χ4n) is 2.87. The quantitative estimate of drug-likeness (QED) is 0.650. The van der Waals surface area contributed by atoms with Crippen LogP contribution in [0.5, 0.6) is 5.75 Å². The van der Waals surface area contributed by atoms with Crippen molar-refractivity contribution in [3.63, 3.8) is 0 Å². The van der Waals surface area contributed by atoms with E-state index in [0.717, 1.165) is 0 Å². The number of sulfonamides is 1. The number of hydrogen-bond donors (Lipinski definition) is 1. The Bertz CT molecular complexity index is 1070. The first-order valence-electron chi connectivity index (χ1n) is 9.02. The largest absolute Gasteiger partial charge is 0.495 e. The summed E-state index contributed by atoms with van der Waals surface area (Å²) < 4.78 is 37.9. The zero-order chi connectivity index (χ0) is 21.7. The molecule has 160 valence electrons. The van der Waals surface area contributed by atoms with E-state index < -0.39 is 15.9 Å². The highest BCUT2D eigenvalue weighted by molar-refractivity contribution is 7.89. The van der Waals surface area contributed by atoms with Gasteiger partial charge in [0.1, 0.15) is 10.6 Å². The predicted octanol–water partition coefficient (Wildman–Crippen LogP) is 3.67. The zero-order valence-corrected chi connectivity index (χ0v) is 18.4. The molecule has 1 fully saturated rings. The third-order valence-electron chi connectivity index (χ3n) is 4.41. The van der Waals surface area contributed by atoms with E-state index in [1.807, 2.05) is 0 Å². The van der Waals surface area contributed by atoms with Gasteiger partial charge in [0.2, 0.25) is 15.9 Å². The van der Waals surface area contributed by atoms with Crippen LogP contribution in [0.1, 0.15) is 5.56 Å². The minimum atomic E-state index is -3.76. The molecule has 0 spiro atoms. The van der Waals surface area contributed by atoms with Gasteiger partial charge in [0, 0.05) is 19.2 Å². The Morgan fingerprint density at radius 2 is 1.93 bits per heavy atom. The van der Waals surface area contributed by atoms with E-state index in [9.17, 15) is 13.2 Å². The van der Waals surface area contributed by atoms with Gasteiger partial charge in [0.25, 0.3) is 0 Å². The van der Waals surface area contributed by atoms with Crippen LogP contribution >= 0.6 is 23.2 Å². The fraction of sp³-hybridized carbons (Fsp3) is 0.250. The van der Waals surface area contributed by atoms with E-state index in [2.05, 4.69) is 5.32 Å². The molecule has 0 aromatic heterocycles. The molecule has 2 aromatic carbocycles. The number of carbonyl (C=O) groups excluding carboxylic acids is 1. The number of hydrogen-bond acceptors (Lipinski definition) is 5. The molecule has 10 heteroatoms. The molecule has 0 aliphatic carbocycles. The molecule has 0 radical (unpaired) electrons. The van der Waals surface area contributed by atoms with Gasteiger partial charge in [-0.15, -0.1) is 0 Å². The van der Waals surface area contributed by atoms with Crippen molar-refractivity contribution < 1.29 is 22.7 Å². The number of benzene rings is 2. The maximum atomic E-state index is 13.0. The van der Waals surface area contributed by atoms with Crippen molar-refractivity contribution in [3.8, 4) is 5.75 Å². The number of rotatable bonds is 6. The Hall–Kier alpha value is -2.10. The number of amides is 1. The molecule has 0 atom stereocenters. The second-order valence-corrected chi connectivity index (χ2v) is 9.04. The van der Waals surface area contributed by atoms with E-state index in [1.54, 1.807) is 30.3 Å². The van der Waals surface area contributed by atoms with Gasteiger partial charge in [0.05, 0.1) is 36.1 Å². The van der Waals surface area contributed by atoms with E-state index >= 15 is 0 Å². The van der Waals surface area contributed by atoms with Crippen molar-refractivity contribution in [3.05, 3.63) is 58.1 Å². The molecule has 0 saturated carbocycles. The van der Waals surface area contributed by atoms with E-state index in [0.29, 0.717) is 29.5 Å². The van der Waals surface area contributed by atoms with Crippen molar-refractivity contribution in [1.82, 2.24) is 4.31 Å². The van der Waals surface area contributed by atoms with Crippen LogP contribution in [0.25, 0.3) is 6.08 Å². The highest BCUT2D eigenvalue weighted by atomic mass is 35.5. The second-order valence-electron chi connectivity index (χ2n) is 6.35. The second kappa shape index (κ2) is 9.80. The molecule has 1 aliphatic rings. The molecule has 1 saturated heterocycles. The van der Waals surface area contributed by atoms with Gasteiger partial charge in [-0.3, -0.25) is 4.79 Å².